The van der Waals surface area contributed by atoms with Gasteiger partial charge in [0.2, 0.25) is 0 Å². The second-order valence-corrected chi connectivity index (χ2v) is 7.10. The molecule has 0 N–H and O–H groups in total. The molecule has 1 aromatic rings. The summed E-state index contributed by atoms with van der Waals surface area (Å²) in [6, 6.07) is 5.71. The maximum atomic E-state index is 12.8. The highest BCUT2D eigenvalue weighted by atomic mass is 16.5. The molecule has 0 unspecified atom stereocenters. The van der Waals surface area contributed by atoms with E-state index in [1.165, 1.54) is 25.7 Å². The zero-order chi connectivity index (χ0) is 18.4. The number of esters is 1. The minimum atomic E-state index is -0.138. The Kier molecular flexibility index (Phi) is 6.47. The number of piperidine rings is 1. The number of likely N-dealkylation sites (tertiary alicyclic amines) is 1. The van der Waals surface area contributed by atoms with Crippen LogP contribution in [0.1, 0.15) is 55.9 Å². The number of hydrogen-bond acceptors (Lipinski definition) is 5. The highest BCUT2D eigenvalue weighted by molar-refractivity contribution is 5.93. The minimum Gasteiger partial charge on any atom is -0.466 e. The number of nitrogens with zero attached hydrogens (tertiary/aromatic N) is 3. The summed E-state index contributed by atoms with van der Waals surface area (Å²) in [5.74, 6) is 0.638. The van der Waals surface area contributed by atoms with Gasteiger partial charge < -0.3 is 14.5 Å². The zero-order valence-corrected chi connectivity index (χ0v) is 15.7. The number of rotatable bonds is 4. The molecule has 0 atom stereocenters. The lowest BCUT2D eigenvalue weighted by atomic mass is 9.97. The van der Waals surface area contributed by atoms with Crippen LogP contribution in [0.15, 0.2) is 18.2 Å². The van der Waals surface area contributed by atoms with E-state index in [0.717, 1.165) is 18.9 Å². The third kappa shape index (κ3) is 4.54. The molecule has 0 radical (unpaired) electrons. The Labute approximate surface area is 155 Å². The van der Waals surface area contributed by atoms with Gasteiger partial charge in [-0.25, -0.2) is 4.98 Å². The Bertz CT molecular complexity index is 618. The van der Waals surface area contributed by atoms with Crippen LogP contribution >= 0.6 is 0 Å². The lowest BCUT2D eigenvalue weighted by Crippen LogP contribution is -2.41. The summed E-state index contributed by atoms with van der Waals surface area (Å²) < 4.78 is 5.09. The summed E-state index contributed by atoms with van der Waals surface area (Å²) in [4.78, 5) is 33.4. The monoisotopic (exact) mass is 359 g/mol. The molecule has 6 nitrogen and oxygen atoms in total. The van der Waals surface area contributed by atoms with Crippen LogP contribution in [0.25, 0.3) is 0 Å². The van der Waals surface area contributed by atoms with Crippen LogP contribution in [0.5, 0.6) is 0 Å². The van der Waals surface area contributed by atoms with Crippen molar-refractivity contribution >= 4 is 17.7 Å². The van der Waals surface area contributed by atoms with Crippen LogP contribution in [-0.4, -0.2) is 54.5 Å². The van der Waals surface area contributed by atoms with Crippen LogP contribution in [-0.2, 0) is 9.53 Å². The summed E-state index contributed by atoms with van der Waals surface area (Å²) in [7, 11) is 0. The number of anilines is 1. The van der Waals surface area contributed by atoms with Gasteiger partial charge in [-0.2, -0.15) is 0 Å². The third-order valence-corrected chi connectivity index (χ3v) is 5.29. The van der Waals surface area contributed by atoms with Gasteiger partial charge in [0.25, 0.3) is 5.91 Å². The molecule has 1 amide bonds. The van der Waals surface area contributed by atoms with E-state index >= 15 is 0 Å². The Hall–Kier alpha value is -2.11. The molecule has 2 fully saturated rings. The minimum absolute atomic E-state index is 0.0380. The van der Waals surface area contributed by atoms with E-state index in [1.807, 2.05) is 24.0 Å². The normalized spacial score (nSPS) is 19.1. The highest BCUT2D eigenvalue weighted by Crippen LogP contribution is 2.22. The van der Waals surface area contributed by atoms with Crippen molar-refractivity contribution in [2.45, 2.75) is 45.4 Å². The molecule has 2 aliphatic rings. The molecule has 1 aromatic heterocycles. The Balaban J connectivity index is 1.61. The van der Waals surface area contributed by atoms with E-state index in [1.54, 1.807) is 6.07 Å². The van der Waals surface area contributed by atoms with Crippen LogP contribution in [0.2, 0.25) is 0 Å². The van der Waals surface area contributed by atoms with Gasteiger partial charge in [0.15, 0.2) is 0 Å². The predicted molar refractivity (Wildman–Crippen MR) is 100 cm³/mol. The Morgan fingerprint density at radius 2 is 1.77 bits per heavy atom. The van der Waals surface area contributed by atoms with Gasteiger partial charge in [0.05, 0.1) is 12.5 Å². The molecule has 0 aromatic carbocycles. The van der Waals surface area contributed by atoms with E-state index in [0.29, 0.717) is 38.2 Å². The van der Waals surface area contributed by atoms with Crippen LogP contribution in [0, 0.1) is 5.92 Å². The van der Waals surface area contributed by atoms with Crippen LogP contribution in [0.3, 0.4) is 0 Å². The van der Waals surface area contributed by atoms with Crippen molar-refractivity contribution in [2.24, 2.45) is 5.92 Å². The molecule has 0 aliphatic carbocycles. The molecule has 0 spiro atoms. The second kappa shape index (κ2) is 9.01. The van der Waals surface area contributed by atoms with E-state index < -0.39 is 0 Å². The zero-order valence-electron chi connectivity index (χ0n) is 15.7. The number of aromatic nitrogens is 1. The molecule has 3 heterocycles. The van der Waals surface area contributed by atoms with Crippen LogP contribution in [0.4, 0.5) is 5.82 Å². The van der Waals surface area contributed by atoms with E-state index in [-0.39, 0.29) is 17.8 Å². The molecule has 2 aliphatic heterocycles. The van der Waals surface area contributed by atoms with Gasteiger partial charge in [-0.05, 0) is 44.7 Å². The molecular weight excluding hydrogens is 330 g/mol. The van der Waals surface area contributed by atoms with E-state index in [2.05, 4.69) is 9.88 Å². The standard InChI is InChI=1S/C20H29N3O3/c1-2-26-20(25)16-10-14-23(15-11-16)19(24)17-8-7-9-18(21-17)22-12-5-3-4-6-13-22/h7-9,16H,2-6,10-15H2,1H3. The number of pyridine rings is 1. The van der Waals surface area contributed by atoms with Gasteiger partial charge in [0.1, 0.15) is 11.5 Å². The van der Waals surface area contributed by atoms with Crippen molar-refractivity contribution in [2.75, 3.05) is 37.7 Å². The van der Waals surface area contributed by atoms with Gasteiger partial charge in [-0.15, -0.1) is 0 Å². The van der Waals surface area contributed by atoms with Gasteiger partial charge in [-0.1, -0.05) is 18.9 Å². The van der Waals surface area contributed by atoms with E-state index in [9.17, 15) is 9.59 Å². The van der Waals surface area contributed by atoms with Crippen molar-refractivity contribution in [3.05, 3.63) is 23.9 Å². The summed E-state index contributed by atoms with van der Waals surface area (Å²) >= 11 is 0. The average Bonchev–Trinajstić information content (AvgIpc) is 2.97. The quantitative estimate of drug-likeness (QED) is 0.774. The summed E-state index contributed by atoms with van der Waals surface area (Å²) in [6.45, 7) is 5.41. The number of carbonyl (C=O) groups excluding carboxylic acids is 2. The van der Waals surface area contributed by atoms with Gasteiger partial charge >= 0.3 is 5.97 Å². The fourth-order valence-electron chi connectivity index (χ4n) is 3.76. The molecule has 142 valence electrons. The largest absolute Gasteiger partial charge is 0.466 e. The SMILES string of the molecule is CCOC(=O)C1CCN(C(=O)c2cccc(N3CCCCCC3)n2)CC1. The Morgan fingerprint density at radius 3 is 2.42 bits per heavy atom. The fourth-order valence-corrected chi connectivity index (χ4v) is 3.76. The van der Waals surface area contributed by atoms with Gasteiger partial charge in [0, 0.05) is 26.2 Å². The first-order valence-corrected chi connectivity index (χ1v) is 9.87. The first kappa shape index (κ1) is 18.7. The number of amides is 1. The Morgan fingerprint density at radius 1 is 1.08 bits per heavy atom. The molecule has 0 saturated carbocycles. The highest BCUT2D eigenvalue weighted by Gasteiger charge is 2.29. The average molecular weight is 359 g/mol. The van der Waals surface area contributed by atoms with Crippen molar-refractivity contribution in [3.8, 4) is 0 Å². The first-order chi connectivity index (χ1) is 12.7. The number of hydrogen-bond donors (Lipinski definition) is 0. The van der Waals surface area contributed by atoms with Crippen molar-refractivity contribution in [3.63, 3.8) is 0 Å². The molecule has 0 bridgehead atoms. The summed E-state index contributed by atoms with van der Waals surface area (Å²) in [5.41, 5.74) is 0.501. The fraction of sp³-hybridized carbons (Fsp3) is 0.650. The van der Waals surface area contributed by atoms with Gasteiger partial charge in [-0.3, -0.25) is 9.59 Å². The molecule has 2 saturated heterocycles. The summed E-state index contributed by atoms with van der Waals surface area (Å²) in [6.07, 6.45) is 6.23. The molecule has 3 rings (SSSR count). The lowest BCUT2D eigenvalue weighted by Gasteiger charge is -2.31. The molecular formula is C20H29N3O3. The van der Waals surface area contributed by atoms with E-state index in [4.69, 9.17) is 4.74 Å². The van der Waals surface area contributed by atoms with Crippen molar-refractivity contribution in [1.29, 1.82) is 0 Å². The lowest BCUT2D eigenvalue weighted by molar-refractivity contribution is -0.149. The number of ether oxygens (including phenoxy) is 1. The molecule has 26 heavy (non-hydrogen) atoms. The first-order valence-electron chi connectivity index (χ1n) is 9.87. The molecule has 6 heteroatoms. The number of carbonyl (C=O) groups is 2. The smallest absolute Gasteiger partial charge is 0.309 e. The maximum absolute atomic E-state index is 12.8. The van der Waals surface area contributed by atoms with Crippen molar-refractivity contribution < 1.29 is 14.3 Å². The topological polar surface area (TPSA) is 62.7 Å². The second-order valence-electron chi connectivity index (χ2n) is 7.10. The van der Waals surface area contributed by atoms with Crippen LogP contribution < -0.4 is 4.90 Å². The summed E-state index contributed by atoms with van der Waals surface area (Å²) in [5, 5.41) is 0. The maximum Gasteiger partial charge on any atom is 0.309 e. The predicted octanol–water partition coefficient (Wildman–Crippen LogP) is 2.88. The van der Waals surface area contributed by atoms with Crippen molar-refractivity contribution in [1.82, 2.24) is 9.88 Å². The third-order valence-electron chi connectivity index (χ3n) is 5.29.